The molecule has 3 nitrogen and oxygen atoms in total. The van der Waals surface area contributed by atoms with Gasteiger partial charge in [-0.2, -0.15) is 0 Å². The Bertz CT molecular complexity index is 461. The molecule has 0 aliphatic carbocycles. The Morgan fingerprint density at radius 1 is 1.43 bits per heavy atom. The molecular formula is C17H28ClN3. The van der Waals surface area contributed by atoms with Crippen LogP contribution in [-0.2, 0) is 6.54 Å². The first kappa shape index (κ1) is 16.6. The quantitative estimate of drug-likeness (QED) is 0.899. The van der Waals surface area contributed by atoms with Gasteiger partial charge in [-0.05, 0) is 50.2 Å². The van der Waals surface area contributed by atoms with E-state index < -0.39 is 0 Å². The predicted octanol–water partition coefficient (Wildman–Crippen LogP) is 3.37. The maximum Gasteiger partial charge on any atom is 0.0414 e. The van der Waals surface area contributed by atoms with Crippen molar-refractivity contribution < 1.29 is 0 Å². The minimum atomic E-state index is 0.475. The van der Waals surface area contributed by atoms with Crippen LogP contribution >= 0.6 is 11.6 Å². The van der Waals surface area contributed by atoms with Crippen molar-refractivity contribution in [1.29, 1.82) is 0 Å². The van der Waals surface area contributed by atoms with Crippen LogP contribution in [0.25, 0.3) is 0 Å². The first-order valence-corrected chi connectivity index (χ1v) is 8.28. The molecule has 1 heterocycles. The molecule has 0 spiro atoms. The lowest BCUT2D eigenvalue weighted by Crippen LogP contribution is -2.45. The average molecular weight is 310 g/mol. The minimum Gasteiger partial charge on any atom is -0.370 e. The number of hydrogen-bond acceptors (Lipinski definition) is 3. The Balaban J connectivity index is 2.16. The van der Waals surface area contributed by atoms with E-state index in [1.807, 2.05) is 6.07 Å². The maximum absolute atomic E-state index is 6.19. The maximum atomic E-state index is 6.19. The van der Waals surface area contributed by atoms with Crippen molar-refractivity contribution in [3.63, 3.8) is 0 Å². The van der Waals surface area contributed by atoms with Crippen molar-refractivity contribution in [2.75, 3.05) is 32.1 Å². The summed E-state index contributed by atoms with van der Waals surface area (Å²) in [6.45, 7) is 7.55. The van der Waals surface area contributed by atoms with Gasteiger partial charge in [-0.1, -0.05) is 25.4 Å². The van der Waals surface area contributed by atoms with Crippen molar-refractivity contribution >= 4 is 17.3 Å². The second-order valence-electron chi connectivity index (χ2n) is 6.48. The molecule has 1 aromatic carbocycles. The molecule has 0 bridgehead atoms. The van der Waals surface area contributed by atoms with Gasteiger partial charge in [-0.15, -0.1) is 0 Å². The van der Waals surface area contributed by atoms with Gasteiger partial charge in [0, 0.05) is 42.9 Å². The van der Waals surface area contributed by atoms with E-state index in [4.69, 9.17) is 11.6 Å². The zero-order valence-electron chi connectivity index (χ0n) is 13.7. The molecule has 1 unspecified atom stereocenters. The number of nitrogens with zero attached hydrogens (tertiary/aromatic N) is 2. The van der Waals surface area contributed by atoms with E-state index in [2.05, 4.69) is 55.2 Å². The molecule has 118 valence electrons. The number of rotatable bonds is 5. The number of hydrogen-bond donors (Lipinski definition) is 1. The lowest BCUT2D eigenvalue weighted by atomic mass is 10.0. The van der Waals surface area contributed by atoms with Crippen LogP contribution in [0.4, 0.5) is 5.69 Å². The van der Waals surface area contributed by atoms with E-state index in [1.165, 1.54) is 30.6 Å². The highest BCUT2D eigenvalue weighted by molar-refractivity contribution is 6.30. The van der Waals surface area contributed by atoms with Gasteiger partial charge in [0.15, 0.2) is 0 Å². The van der Waals surface area contributed by atoms with Gasteiger partial charge in [0.2, 0.25) is 0 Å². The molecule has 0 saturated carbocycles. The van der Waals surface area contributed by atoms with Crippen LogP contribution in [-0.4, -0.2) is 44.2 Å². The Morgan fingerprint density at radius 2 is 2.19 bits per heavy atom. The summed E-state index contributed by atoms with van der Waals surface area (Å²) >= 11 is 6.19. The summed E-state index contributed by atoms with van der Waals surface area (Å²) in [5, 5.41) is 4.31. The number of likely N-dealkylation sites (tertiary alicyclic amines) is 1. The van der Waals surface area contributed by atoms with Gasteiger partial charge < -0.3 is 15.1 Å². The molecule has 1 aromatic rings. The number of benzene rings is 1. The Labute approximate surface area is 134 Å². The molecule has 1 N–H and O–H groups in total. The summed E-state index contributed by atoms with van der Waals surface area (Å²) in [6.07, 6.45) is 2.54. The van der Waals surface area contributed by atoms with Crippen LogP contribution in [0.15, 0.2) is 18.2 Å². The first-order chi connectivity index (χ1) is 9.97. The Kier molecular flexibility index (Phi) is 5.91. The number of piperidine rings is 1. The highest BCUT2D eigenvalue weighted by atomic mass is 35.5. The van der Waals surface area contributed by atoms with Crippen LogP contribution < -0.4 is 10.2 Å². The molecule has 21 heavy (non-hydrogen) atoms. The third-order valence-corrected chi connectivity index (χ3v) is 4.50. The molecule has 0 amide bonds. The van der Waals surface area contributed by atoms with Gasteiger partial charge >= 0.3 is 0 Å². The summed E-state index contributed by atoms with van der Waals surface area (Å²) in [7, 11) is 4.43. The molecule has 2 rings (SSSR count). The number of likely N-dealkylation sites (N-methyl/N-ethyl adjacent to an activating group) is 2. The lowest BCUT2D eigenvalue weighted by Gasteiger charge is -2.38. The van der Waals surface area contributed by atoms with E-state index in [0.717, 1.165) is 18.1 Å². The van der Waals surface area contributed by atoms with Gasteiger partial charge in [0.1, 0.15) is 0 Å². The number of nitrogens with one attached hydrogen (secondary N) is 1. The summed E-state index contributed by atoms with van der Waals surface area (Å²) in [4.78, 5) is 4.86. The first-order valence-electron chi connectivity index (χ1n) is 7.90. The second kappa shape index (κ2) is 7.48. The molecule has 1 fully saturated rings. The number of halogens is 1. The molecule has 1 atom stereocenters. The fraction of sp³-hybridized carbons (Fsp3) is 0.647. The van der Waals surface area contributed by atoms with Crippen molar-refractivity contribution in [1.82, 2.24) is 10.2 Å². The highest BCUT2D eigenvalue weighted by Gasteiger charge is 2.22. The average Bonchev–Trinajstić information content (AvgIpc) is 2.44. The fourth-order valence-electron chi connectivity index (χ4n) is 3.01. The predicted molar refractivity (Wildman–Crippen MR) is 92.3 cm³/mol. The Hall–Kier alpha value is -0.770. The van der Waals surface area contributed by atoms with Gasteiger partial charge in [-0.25, -0.2) is 0 Å². The van der Waals surface area contributed by atoms with E-state index in [0.29, 0.717) is 12.1 Å². The third-order valence-electron chi connectivity index (χ3n) is 4.27. The fourth-order valence-corrected chi connectivity index (χ4v) is 3.20. The van der Waals surface area contributed by atoms with Crippen molar-refractivity contribution in [3.8, 4) is 0 Å². The van der Waals surface area contributed by atoms with Crippen LogP contribution in [0.1, 0.15) is 32.3 Å². The minimum absolute atomic E-state index is 0.475. The summed E-state index contributed by atoms with van der Waals surface area (Å²) in [5.41, 5.74) is 2.58. The van der Waals surface area contributed by atoms with Gasteiger partial charge in [0.25, 0.3) is 0 Å². The largest absolute Gasteiger partial charge is 0.370 e. The summed E-state index contributed by atoms with van der Waals surface area (Å²) in [6, 6.07) is 7.31. The summed E-state index contributed by atoms with van der Waals surface area (Å²) < 4.78 is 0. The van der Waals surface area contributed by atoms with Crippen molar-refractivity contribution in [3.05, 3.63) is 28.8 Å². The smallest absolute Gasteiger partial charge is 0.0414 e. The molecule has 0 aromatic heterocycles. The topological polar surface area (TPSA) is 18.5 Å². The van der Waals surface area contributed by atoms with E-state index >= 15 is 0 Å². The zero-order chi connectivity index (χ0) is 15.4. The van der Waals surface area contributed by atoms with E-state index in [-0.39, 0.29) is 0 Å². The molecule has 1 aliphatic heterocycles. The standard InChI is InChI=1S/C17H28ClN3/c1-13(2)19-11-14-10-15(18)7-8-17(14)21(4)16-6-5-9-20(3)12-16/h7-8,10,13,16,19H,5-6,9,11-12H2,1-4H3. The Morgan fingerprint density at radius 3 is 2.86 bits per heavy atom. The molecule has 1 aliphatic rings. The normalized spacial score (nSPS) is 20.0. The van der Waals surface area contributed by atoms with Crippen LogP contribution in [0.3, 0.4) is 0 Å². The summed E-state index contributed by atoms with van der Waals surface area (Å²) in [5.74, 6) is 0. The third kappa shape index (κ3) is 4.60. The monoisotopic (exact) mass is 309 g/mol. The SMILES string of the molecule is CC(C)NCc1cc(Cl)ccc1N(C)C1CCCN(C)C1. The van der Waals surface area contributed by atoms with Crippen LogP contribution in [0.2, 0.25) is 5.02 Å². The van der Waals surface area contributed by atoms with E-state index in [1.54, 1.807) is 0 Å². The molecular weight excluding hydrogens is 282 g/mol. The highest BCUT2D eigenvalue weighted by Crippen LogP contribution is 2.27. The van der Waals surface area contributed by atoms with Crippen molar-refractivity contribution in [2.45, 2.75) is 45.3 Å². The molecule has 4 heteroatoms. The van der Waals surface area contributed by atoms with Gasteiger partial charge in [0.05, 0.1) is 0 Å². The molecule has 0 radical (unpaired) electrons. The van der Waals surface area contributed by atoms with Crippen molar-refractivity contribution in [2.24, 2.45) is 0 Å². The lowest BCUT2D eigenvalue weighted by molar-refractivity contribution is 0.248. The zero-order valence-corrected chi connectivity index (χ0v) is 14.5. The van der Waals surface area contributed by atoms with E-state index in [9.17, 15) is 0 Å². The number of anilines is 1. The van der Waals surface area contributed by atoms with Crippen LogP contribution in [0, 0.1) is 0 Å². The van der Waals surface area contributed by atoms with Crippen LogP contribution in [0.5, 0.6) is 0 Å². The van der Waals surface area contributed by atoms with Gasteiger partial charge in [-0.3, -0.25) is 0 Å². The molecule has 1 saturated heterocycles. The second-order valence-corrected chi connectivity index (χ2v) is 6.91.